The average Bonchev–Trinajstić information content (AvgIpc) is 2.26. The van der Waals surface area contributed by atoms with Crippen molar-refractivity contribution in [2.75, 3.05) is 0 Å². The summed E-state index contributed by atoms with van der Waals surface area (Å²) in [5, 5.41) is 0.920. The molecule has 104 valence electrons. The molecule has 0 aromatic heterocycles. The van der Waals surface area contributed by atoms with E-state index in [0.29, 0.717) is 0 Å². The van der Waals surface area contributed by atoms with Gasteiger partial charge in [0.05, 0.1) is 6.54 Å². The van der Waals surface area contributed by atoms with Gasteiger partial charge in [0.25, 0.3) is 0 Å². The smallest absolute Gasteiger partial charge is 0.442 e. The van der Waals surface area contributed by atoms with E-state index in [4.69, 9.17) is 9.57 Å². The Morgan fingerprint density at radius 2 is 1.74 bits per heavy atom. The van der Waals surface area contributed by atoms with Crippen LogP contribution in [0.2, 0.25) is 0 Å². The molecule has 1 rings (SSSR count). The van der Waals surface area contributed by atoms with Crippen molar-refractivity contribution in [1.82, 2.24) is 5.06 Å². The first-order valence-corrected chi connectivity index (χ1v) is 6.01. The van der Waals surface area contributed by atoms with Gasteiger partial charge in [0.2, 0.25) is 0 Å². The van der Waals surface area contributed by atoms with Crippen LogP contribution >= 0.6 is 0 Å². The highest BCUT2D eigenvalue weighted by molar-refractivity contribution is 5.71. The SMILES string of the molecule is CC(=O)ON(Cc1ccccc1)C(=O)OC(C)(C)C. The molecule has 0 aliphatic heterocycles. The van der Waals surface area contributed by atoms with Crippen LogP contribution in [-0.2, 0) is 20.9 Å². The van der Waals surface area contributed by atoms with Gasteiger partial charge in [-0.2, -0.15) is 0 Å². The highest BCUT2D eigenvalue weighted by Gasteiger charge is 2.24. The lowest BCUT2D eigenvalue weighted by atomic mass is 10.2. The molecule has 0 fully saturated rings. The summed E-state index contributed by atoms with van der Waals surface area (Å²) in [5.74, 6) is -0.568. The van der Waals surface area contributed by atoms with Crippen LogP contribution in [0.3, 0.4) is 0 Å². The number of carbonyl (C=O) groups excluding carboxylic acids is 2. The molecular formula is C14H19NO4. The van der Waals surface area contributed by atoms with E-state index in [-0.39, 0.29) is 6.54 Å². The van der Waals surface area contributed by atoms with E-state index in [2.05, 4.69) is 0 Å². The molecule has 0 saturated heterocycles. The highest BCUT2D eigenvalue weighted by atomic mass is 16.8. The zero-order chi connectivity index (χ0) is 14.5. The first kappa shape index (κ1) is 15.0. The van der Waals surface area contributed by atoms with E-state index in [1.165, 1.54) is 6.92 Å². The molecule has 0 heterocycles. The zero-order valence-corrected chi connectivity index (χ0v) is 11.7. The fourth-order valence-electron chi connectivity index (χ4n) is 1.35. The van der Waals surface area contributed by atoms with E-state index in [0.717, 1.165) is 10.6 Å². The summed E-state index contributed by atoms with van der Waals surface area (Å²) in [7, 11) is 0. The Hall–Kier alpha value is -2.04. The molecule has 5 nitrogen and oxygen atoms in total. The van der Waals surface area contributed by atoms with Gasteiger partial charge in [0.15, 0.2) is 0 Å². The third-order valence-electron chi connectivity index (χ3n) is 2.00. The Morgan fingerprint density at radius 1 is 1.16 bits per heavy atom. The zero-order valence-electron chi connectivity index (χ0n) is 11.7. The average molecular weight is 265 g/mol. The van der Waals surface area contributed by atoms with Crippen molar-refractivity contribution in [2.24, 2.45) is 0 Å². The van der Waals surface area contributed by atoms with Crippen LogP contribution in [0, 0.1) is 0 Å². The largest absolute Gasteiger partial charge is 0.444 e. The molecule has 0 spiro atoms. The lowest BCUT2D eigenvalue weighted by Gasteiger charge is -2.25. The number of hydroxylamine groups is 2. The molecule has 0 aliphatic carbocycles. The second-order valence-corrected chi connectivity index (χ2v) is 5.09. The van der Waals surface area contributed by atoms with Crippen molar-refractivity contribution in [1.29, 1.82) is 0 Å². The van der Waals surface area contributed by atoms with Gasteiger partial charge in [-0.25, -0.2) is 4.79 Å². The monoisotopic (exact) mass is 265 g/mol. The number of rotatable bonds is 2. The number of benzene rings is 1. The third kappa shape index (κ3) is 5.90. The molecule has 0 atom stereocenters. The van der Waals surface area contributed by atoms with Crippen molar-refractivity contribution in [3.63, 3.8) is 0 Å². The van der Waals surface area contributed by atoms with E-state index < -0.39 is 17.7 Å². The van der Waals surface area contributed by atoms with Crippen LogP contribution in [0.15, 0.2) is 30.3 Å². The van der Waals surface area contributed by atoms with Gasteiger partial charge in [-0.05, 0) is 26.3 Å². The topological polar surface area (TPSA) is 55.8 Å². The summed E-state index contributed by atoms with van der Waals surface area (Å²) < 4.78 is 5.18. The van der Waals surface area contributed by atoms with Gasteiger partial charge in [0.1, 0.15) is 5.60 Å². The molecule has 0 N–H and O–H groups in total. The van der Waals surface area contributed by atoms with E-state index >= 15 is 0 Å². The Labute approximate surface area is 113 Å². The fourth-order valence-corrected chi connectivity index (χ4v) is 1.35. The van der Waals surface area contributed by atoms with Crippen molar-refractivity contribution in [3.8, 4) is 0 Å². The van der Waals surface area contributed by atoms with Crippen molar-refractivity contribution < 1.29 is 19.2 Å². The minimum Gasteiger partial charge on any atom is -0.442 e. The maximum absolute atomic E-state index is 11.9. The molecule has 1 amide bonds. The summed E-state index contributed by atoms with van der Waals surface area (Å²) in [4.78, 5) is 27.8. The second-order valence-electron chi connectivity index (χ2n) is 5.09. The lowest BCUT2D eigenvalue weighted by molar-refractivity contribution is -0.184. The molecule has 19 heavy (non-hydrogen) atoms. The van der Waals surface area contributed by atoms with Crippen molar-refractivity contribution in [3.05, 3.63) is 35.9 Å². The molecule has 5 heteroatoms. The fraction of sp³-hybridized carbons (Fsp3) is 0.429. The Bertz CT molecular complexity index is 437. The van der Waals surface area contributed by atoms with Crippen LogP contribution in [0.4, 0.5) is 4.79 Å². The Morgan fingerprint density at radius 3 is 2.21 bits per heavy atom. The van der Waals surface area contributed by atoms with E-state index in [9.17, 15) is 9.59 Å². The predicted molar refractivity (Wildman–Crippen MR) is 70.0 cm³/mol. The lowest BCUT2D eigenvalue weighted by Crippen LogP contribution is -2.37. The summed E-state index contributed by atoms with van der Waals surface area (Å²) in [6.07, 6.45) is -0.688. The minimum absolute atomic E-state index is 0.148. The van der Waals surface area contributed by atoms with Gasteiger partial charge in [0, 0.05) is 6.92 Å². The predicted octanol–water partition coefficient (Wildman–Crippen LogP) is 2.90. The summed E-state index contributed by atoms with van der Waals surface area (Å²) in [6.45, 7) is 6.63. The Balaban J connectivity index is 2.77. The van der Waals surface area contributed by atoms with Gasteiger partial charge in [-0.1, -0.05) is 30.3 Å². The van der Waals surface area contributed by atoms with Crippen molar-refractivity contribution >= 4 is 12.1 Å². The third-order valence-corrected chi connectivity index (χ3v) is 2.00. The van der Waals surface area contributed by atoms with Gasteiger partial charge >= 0.3 is 12.1 Å². The number of carbonyl (C=O) groups is 2. The number of hydrogen-bond donors (Lipinski definition) is 0. The van der Waals surface area contributed by atoms with Gasteiger partial charge in [-0.3, -0.25) is 4.79 Å². The van der Waals surface area contributed by atoms with Crippen LogP contribution in [-0.4, -0.2) is 22.7 Å². The minimum atomic E-state index is -0.688. The summed E-state index contributed by atoms with van der Waals surface area (Å²) in [6, 6.07) is 9.22. The number of nitrogens with zero attached hydrogens (tertiary/aromatic N) is 1. The number of amides is 1. The van der Waals surface area contributed by atoms with Crippen molar-refractivity contribution in [2.45, 2.75) is 39.8 Å². The normalized spacial score (nSPS) is 10.7. The van der Waals surface area contributed by atoms with Crippen LogP contribution in [0.1, 0.15) is 33.3 Å². The number of hydrogen-bond acceptors (Lipinski definition) is 4. The standard InChI is InChI=1S/C14H19NO4/c1-11(16)19-15(13(17)18-14(2,3)4)10-12-8-6-5-7-9-12/h5-9H,10H2,1-4H3. The molecule has 0 unspecified atom stereocenters. The molecule has 0 bridgehead atoms. The molecule has 0 saturated carbocycles. The highest BCUT2D eigenvalue weighted by Crippen LogP contribution is 2.13. The van der Waals surface area contributed by atoms with E-state index in [1.807, 2.05) is 30.3 Å². The van der Waals surface area contributed by atoms with Crippen LogP contribution in [0.25, 0.3) is 0 Å². The first-order chi connectivity index (χ1) is 8.78. The summed E-state index contributed by atoms with van der Waals surface area (Å²) in [5.41, 5.74) is 0.196. The summed E-state index contributed by atoms with van der Waals surface area (Å²) >= 11 is 0. The molecule has 1 aromatic carbocycles. The van der Waals surface area contributed by atoms with Crippen LogP contribution in [0.5, 0.6) is 0 Å². The second kappa shape index (κ2) is 6.22. The molecule has 1 aromatic rings. The number of ether oxygens (including phenoxy) is 1. The van der Waals surface area contributed by atoms with E-state index in [1.54, 1.807) is 20.8 Å². The molecule has 0 radical (unpaired) electrons. The van der Waals surface area contributed by atoms with Gasteiger partial charge < -0.3 is 9.57 Å². The maximum Gasteiger partial charge on any atom is 0.444 e. The first-order valence-electron chi connectivity index (χ1n) is 6.01. The van der Waals surface area contributed by atoms with Crippen LogP contribution < -0.4 is 0 Å². The van der Waals surface area contributed by atoms with Gasteiger partial charge in [-0.15, -0.1) is 5.06 Å². The quantitative estimate of drug-likeness (QED) is 0.771. The molecule has 0 aliphatic rings. The molecular weight excluding hydrogens is 246 g/mol. The maximum atomic E-state index is 11.9. The Kier molecular flexibility index (Phi) is 4.92.